The lowest BCUT2D eigenvalue weighted by Gasteiger charge is -2.16. The van der Waals surface area contributed by atoms with E-state index < -0.39 is 0 Å². The van der Waals surface area contributed by atoms with E-state index in [9.17, 15) is 4.79 Å². The second-order valence-corrected chi connectivity index (χ2v) is 7.25. The van der Waals surface area contributed by atoms with E-state index in [1.807, 2.05) is 24.3 Å². The van der Waals surface area contributed by atoms with Gasteiger partial charge in [-0.1, -0.05) is 36.1 Å². The smallest absolute Gasteiger partial charge is 0.330 e. The van der Waals surface area contributed by atoms with Gasteiger partial charge in [-0.2, -0.15) is 0 Å². The molecule has 144 valence electrons. The van der Waals surface area contributed by atoms with E-state index in [4.69, 9.17) is 4.74 Å². The quantitative estimate of drug-likeness (QED) is 0.422. The Morgan fingerprint density at radius 3 is 2.61 bits per heavy atom. The molecular weight excluding hydrogens is 346 g/mol. The standard InChI is InChI=1S/C25H27NO2/c1-4-28-25(27)16-12-21-9-7-20(8-10-21)11-13-23-17-22(6-5-19(23)2)18-26(3)24-14-15-24/h5-10,12,16-17,24H,4,14-15,18H2,1-3H3. The number of benzene rings is 2. The second-order valence-electron chi connectivity index (χ2n) is 7.25. The van der Waals surface area contributed by atoms with Gasteiger partial charge in [-0.05, 0) is 74.7 Å². The van der Waals surface area contributed by atoms with Gasteiger partial charge < -0.3 is 4.74 Å². The number of carbonyl (C=O) groups excluding carboxylic acids is 1. The summed E-state index contributed by atoms with van der Waals surface area (Å²) < 4.78 is 4.88. The van der Waals surface area contributed by atoms with Crippen molar-refractivity contribution in [2.75, 3.05) is 13.7 Å². The summed E-state index contributed by atoms with van der Waals surface area (Å²) in [6.07, 6.45) is 5.83. The zero-order valence-electron chi connectivity index (χ0n) is 16.9. The molecule has 28 heavy (non-hydrogen) atoms. The number of hydrogen-bond donors (Lipinski definition) is 0. The summed E-state index contributed by atoms with van der Waals surface area (Å²) in [5.74, 6) is 6.24. The minimum absolute atomic E-state index is 0.325. The van der Waals surface area contributed by atoms with Crippen LogP contribution in [0.3, 0.4) is 0 Å². The van der Waals surface area contributed by atoms with Crippen LogP contribution in [0.4, 0.5) is 0 Å². The van der Waals surface area contributed by atoms with Crippen LogP contribution in [0.1, 0.15) is 47.6 Å². The molecule has 0 spiro atoms. The summed E-state index contributed by atoms with van der Waals surface area (Å²) >= 11 is 0. The van der Waals surface area contributed by atoms with Gasteiger partial charge >= 0.3 is 5.97 Å². The first-order valence-electron chi connectivity index (χ1n) is 9.82. The van der Waals surface area contributed by atoms with E-state index >= 15 is 0 Å². The summed E-state index contributed by atoms with van der Waals surface area (Å²) in [6, 6.07) is 15.2. The molecule has 0 N–H and O–H groups in total. The van der Waals surface area contributed by atoms with Crippen molar-refractivity contribution in [3.05, 3.63) is 76.4 Å². The molecule has 0 aliphatic heterocycles. The third-order valence-corrected chi connectivity index (χ3v) is 4.85. The van der Waals surface area contributed by atoms with Gasteiger partial charge in [0.1, 0.15) is 0 Å². The Labute approximate surface area is 168 Å². The molecule has 1 aliphatic carbocycles. The number of ether oxygens (including phenoxy) is 1. The molecule has 0 unspecified atom stereocenters. The predicted octanol–water partition coefficient (Wildman–Crippen LogP) is 4.57. The molecule has 0 heterocycles. The molecule has 1 aliphatic rings. The fourth-order valence-electron chi connectivity index (χ4n) is 3.01. The van der Waals surface area contributed by atoms with Gasteiger partial charge in [-0.3, -0.25) is 4.90 Å². The SMILES string of the molecule is CCOC(=O)C=Cc1ccc(C#Cc2cc(CN(C)C3CC3)ccc2C)cc1. The van der Waals surface area contributed by atoms with Crippen LogP contribution in [0.15, 0.2) is 48.5 Å². The molecular formula is C25H27NO2. The zero-order valence-corrected chi connectivity index (χ0v) is 16.9. The van der Waals surface area contributed by atoms with Gasteiger partial charge in [-0.25, -0.2) is 4.79 Å². The van der Waals surface area contributed by atoms with Gasteiger partial charge in [0.25, 0.3) is 0 Å². The van der Waals surface area contributed by atoms with Crippen molar-refractivity contribution in [2.45, 2.75) is 39.3 Å². The number of esters is 1. The lowest BCUT2D eigenvalue weighted by atomic mass is 10.0. The first kappa shape index (κ1) is 19.9. The van der Waals surface area contributed by atoms with Gasteiger partial charge in [0.2, 0.25) is 0 Å². The molecule has 0 radical (unpaired) electrons. The van der Waals surface area contributed by atoms with Crippen LogP contribution in [-0.4, -0.2) is 30.6 Å². The van der Waals surface area contributed by atoms with Crippen LogP contribution < -0.4 is 0 Å². The van der Waals surface area contributed by atoms with Gasteiger partial charge in [0, 0.05) is 29.8 Å². The summed E-state index contributed by atoms with van der Waals surface area (Å²) in [7, 11) is 2.20. The Morgan fingerprint density at radius 1 is 1.18 bits per heavy atom. The Balaban J connectivity index is 1.68. The average molecular weight is 373 g/mol. The third kappa shape index (κ3) is 5.84. The van der Waals surface area contributed by atoms with E-state index in [0.717, 1.165) is 29.3 Å². The van der Waals surface area contributed by atoms with Crippen LogP contribution in [-0.2, 0) is 16.1 Å². The highest BCUT2D eigenvalue weighted by molar-refractivity contribution is 5.87. The first-order valence-corrected chi connectivity index (χ1v) is 9.82. The average Bonchev–Trinajstić information content (AvgIpc) is 3.53. The van der Waals surface area contributed by atoms with Crippen LogP contribution >= 0.6 is 0 Å². The molecule has 0 atom stereocenters. The van der Waals surface area contributed by atoms with Crippen LogP contribution in [0.5, 0.6) is 0 Å². The van der Waals surface area contributed by atoms with Crippen LogP contribution in [0.25, 0.3) is 6.08 Å². The first-order chi connectivity index (χ1) is 13.5. The van der Waals surface area contributed by atoms with E-state index in [0.29, 0.717) is 6.61 Å². The maximum Gasteiger partial charge on any atom is 0.330 e. The fraction of sp³-hybridized carbons (Fsp3) is 0.320. The molecule has 0 aromatic heterocycles. The van der Waals surface area contributed by atoms with Crippen LogP contribution in [0, 0.1) is 18.8 Å². The largest absolute Gasteiger partial charge is 0.463 e. The maximum atomic E-state index is 11.4. The molecule has 1 saturated carbocycles. The maximum absolute atomic E-state index is 11.4. The normalized spacial score (nSPS) is 13.4. The highest BCUT2D eigenvalue weighted by atomic mass is 16.5. The van der Waals surface area contributed by atoms with Crippen molar-refractivity contribution in [2.24, 2.45) is 0 Å². The molecule has 0 amide bonds. The third-order valence-electron chi connectivity index (χ3n) is 4.85. The lowest BCUT2D eigenvalue weighted by Crippen LogP contribution is -2.19. The van der Waals surface area contributed by atoms with E-state index in [1.165, 1.54) is 30.0 Å². The Bertz CT molecular complexity index is 912. The molecule has 0 saturated heterocycles. The summed E-state index contributed by atoms with van der Waals surface area (Å²) in [5.41, 5.74) is 5.48. The molecule has 3 rings (SSSR count). The number of rotatable bonds is 6. The minimum atomic E-state index is -0.325. The second kappa shape index (κ2) is 9.39. The van der Waals surface area contributed by atoms with E-state index in [-0.39, 0.29) is 5.97 Å². The Hall–Kier alpha value is -2.83. The minimum Gasteiger partial charge on any atom is -0.463 e. The number of hydrogen-bond acceptors (Lipinski definition) is 3. The van der Waals surface area contributed by atoms with Crippen molar-refractivity contribution < 1.29 is 9.53 Å². The number of carbonyl (C=O) groups is 1. The summed E-state index contributed by atoms with van der Waals surface area (Å²) in [5, 5.41) is 0. The Morgan fingerprint density at radius 2 is 1.93 bits per heavy atom. The van der Waals surface area contributed by atoms with Crippen molar-refractivity contribution in [3.63, 3.8) is 0 Å². The fourth-order valence-corrected chi connectivity index (χ4v) is 3.01. The molecule has 0 bridgehead atoms. The topological polar surface area (TPSA) is 29.5 Å². The molecule has 1 fully saturated rings. The monoisotopic (exact) mass is 373 g/mol. The van der Waals surface area contributed by atoms with Crippen molar-refractivity contribution >= 4 is 12.0 Å². The summed E-state index contributed by atoms with van der Waals surface area (Å²) in [6.45, 7) is 5.25. The molecule has 3 nitrogen and oxygen atoms in total. The lowest BCUT2D eigenvalue weighted by molar-refractivity contribution is -0.137. The Kier molecular flexibility index (Phi) is 6.68. The highest BCUT2D eigenvalue weighted by Crippen LogP contribution is 2.27. The van der Waals surface area contributed by atoms with Gasteiger partial charge in [-0.15, -0.1) is 0 Å². The number of nitrogens with zero attached hydrogens (tertiary/aromatic N) is 1. The van der Waals surface area contributed by atoms with Gasteiger partial charge in [0.05, 0.1) is 6.61 Å². The van der Waals surface area contributed by atoms with E-state index in [1.54, 1.807) is 13.0 Å². The molecule has 3 heteroatoms. The van der Waals surface area contributed by atoms with E-state index in [2.05, 4.69) is 48.9 Å². The van der Waals surface area contributed by atoms with Crippen molar-refractivity contribution in [1.29, 1.82) is 0 Å². The zero-order chi connectivity index (χ0) is 19.9. The van der Waals surface area contributed by atoms with Crippen molar-refractivity contribution in [1.82, 2.24) is 4.90 Å². The molecule has 2 aromatic rings. The van der Waals surface area contributed by atoms with Crippen molar-refractivity contribution in [3.8, 4) is 11.8 Å². The predicted molar refractivity (Wildman–Crippen MR) is 114 cm³/mol. The highest BCUT2D eigenvalue weighted by Gasteiger charge is 2.25. The van der Waals surface area contributed by atoms with Gasteiger partial charge in [0.15, 0.2) is 0 Å². The summed E-state index contributed by atoms with van der Waals surface area (Å²) in [4.78, 5) is 13.8. The van der Waals surface area contributed by atoms with Crippen LogP contribution in [0.2, 0.25) is 0 Å². The number of aryl methyl sites for hydroxylation is 1. The molecule has 2 aromatic carbocycles.